The SMILES string of the molecule is COc1cc2c(cc1OC)C1(CCN(c3ccc(C)cn3)CC1)OCC2. The molecule has 3 heterocycles. The molecule has 4 rings (SSSR count). The van der Waals surface area contributed by atoms with E-state index in [1.165, 1.54) is 16.7 Å². The van der Waals surface area contributed by atoms with E-state index in [0.717, 1.165) is 56.3 Å². The van der Waals surface area contributed by atoms with E-state index >= 15 is 0 Å². The molecule has 0 radical (unpaired) electrons. The molecule has 0 atom stereocenters. The van der Waals surface area contributed by atoms with Crippen molar-refractivity contribution in [3.05, 3.63) is 47.2 Å². The van der Waals surface area contributed by atoms with E-state index < -0.39 is 0 Å². The quantitative estimate of drug-likeness (QED) is 0.844. The van der Waals surface area contributed by atoms with Crippen molar-refractivity contribution in [2.45, 2.75) is 31.8 Å². The van der Waals surface area contributed by atoms with Gasteiger partial charge in [-0.15, -0.1) is 0 Å². The Morgan fingerprint density at radius 2 is 1.81 bits per heavy atom. The minimum Gasteiger partial charge on any atom is -0.493 e. The number of rotatable bonds is 3. The molecule has 1 saturated heterocycles. The van der Waals surface area contributed by atoms with Gasteiger partial charge in [-0.3, -0.25) is 0 Å². The second-order valence-corrected chi connectivity index (χ2v) is 7.14. The predicted molar refractivity (Wildman–Crippen MR) is 101 cm³/mol. The Kier molecular flexibility index (Phi) is 4.49. The van der Waals surface area contributed by atoms with Gasteiger partial charge in [0.15, 0.2) is 11.5 Å². The highest BCUT2D eigenvalue weighted by molar-refractivity contribution is 5.51. The maximum atomic E-state index is 6.37. The third-order valence-corrected chi connectivity index (χ3v) is 5.64. The third-order valence-electron chi connectivity index (χ3n) is 5.64. The van der Waals surface area contributed by atoms with Gasteiger partial charge in [0.2, 0.25) is 0 Å². The number of hydrogen-bond donors (Lipinski definition) is 0. The lowest BCUT2D eigenvalue weighted by molar-refractivity contribution is -0.0768. The number of ether oxygens (including phenoxy) is 3. The molecule has 5 nitrogen and oxygen atoms in total. The molecule has 0 amide bonds. The summed E-state index contributed by atoms with van der Waals surface area (Å²) in [6, 6.07) is 8.46. The number of fused-ring (bicyclic) bond motifs is 2. The monoisotopic (exact) mass is 354 g/mol. The Labute approximate surface area is 154 Å². The van der Waals surface area contributed by atoms with Crippen LogP contribution in [0, 0.1) is 6.92 Å². The molecule has 138 valence electrons. The maximum absolute atomic E-state index is 6.37. The van der Waals surface area contributed by atoms with Crippen molar-refractivity contribution in [2.24, 2.45) is 0 Å². The normalized spacial score (nSPS) is 18.5. The third kappa shape index (κ3) is 2.90. The van der Waals surface area contributed by atoms with Crippen molar-refractivity contribution < 1.29 is 14.2 Å². The van der Waals surface area contributed by atoms with E-state index in [1.54, 1.807) is 14.2 Å². The Balaban J connectivity index is 1.61. The molecule has 2 aromatic rings. The van der Waals surface area contributed by atoms with Crippen molar-refractivity contribution in [3.63, 3.8) is 0 Å². The highest BCUT2D eigenvalue weighted by Crippen LogP contribution is 2.45. The molecule has 0 unspecified atom stereocenters. The molecule has 1 aromatic heterocycles. The van der Waals surface area contributed by atoms with Crippen LogP contribution in [0.1, 0.15) is 29.5 Å². The molecular formula is C21H26N2O3. The molecule has 5 heteroatoms. The summed E-state index contributed by atoms with van der Waals surface area (Å²) in [6.07, 6.45) is 4.75. The van der Waals surface area contributed by atoms with E-state index in [1.807, 2.05) is 6.20 Å². The summed E-state index contributed by atoms with van der Waals surface area (Å²) < 4.78 is 17.4. The number of benzene rings is 1. The van der Waals surface area contributed by atoms with Crippen LogP contribution in [0.15, 0.2) is 30.5 Å². The van der Waals surface area contributed by atoms with Gasteiger partial charge in [0.05, 0.1) is 26.4 Å². The summed E-state index contributed by atoms with van der Waals surface area (Å²) in [5, 5.41) is 0. The Morgan fingerprint density at radius 1 is 1.08 bits per heavy atom. The number of aryl methyl sites for hydroxylation is 1. The summed E-state index contributed by atoms with van der Waals surface area (Å²) in [5.41, 5.74) is 3.54. The molecule has 1 fully saturated rings. The van der Waals surface area contributed by atoms with Crippen LogP contribution in [0.4, 0.5) is 5.82 Å². The van der Waals surface area contributed by atoms with Crippen molar-refractivity contribution in [2.75, 3.05) is 38.8 Å². The van der Waals surface area contributed by atoms with Crippen LogP contribution in [-0.2, 0) is 16.8 Å². The predicted octanol–water partition coefficient (Wildman–Crippen LogP) is 3.48. The van der Waals surface area contributed by atoms with Gasteiger partial charge >= 0.3 is 0 Å². The number of piperidine rings is 1. The smallest absolute Gasteiger partial charge is 0.161 e. The summed E-state index contributed by atoms with van der Waals surface area (Å²) in [4.78, 5) is 6.93. The fourth-order valence-electron chi connectivity index (χ4n) is 4.14. The Bertz CT molecular complexity index is 781. The second kappa shape index (κ2) is 6.80. The van der Waals surface area contributed by atoms with Crippen molar-refractivity contribution >= 4 is 5.82 Å². The van der Waals surface area contributed by atoms with Gasteiger partial charge in [-0.1, -0.05) is 6.07 Å². The zero-order valence-corrected chi connectivity index (χ0v) is 15.7. The highest BCUT2D eigenvalue weighted by Gasteiger charge is 2.41. The molecule has 0 bridgehead atoms. The van der Waals surface area contributed by atoms with Gasteiger partial charge in [0.1, 0.15) is 5.82 Å². The van der Waals surface area contributed by atoms with E-state index in [9.17, 15) is 0 Å². The minimum atomic E-state index is -0.228. The Morgan fingerprint density at radius 3 is 2.46 bits per heavy atom. The van der Waals surface area contributed by atoms with E-state index in [2.05, 4.69) is 41.1 Å². The first-order chi connectivity index (χ1) is 12.6. The molecule has 0 N–H and O–H groups in total. The van der Waals surface area contributed by atoms with Crippen LogP contribution >= 0.6 is 0 Å². The molecule has 1 aromatic carbocycles. The zero-order chi connectivity index (χ0) is 18.1. The van der Waals surface area contributed by atoms with E-state index in [-0.39, 0.29) is 5.60 Å². The number of aromatic nitrogens is 1. The van der Waals surface area contributed by atoms with Crippen LogP contribution in [0.2, 0.25) is 0 Å². The summed E-state index contributed by atoms with van der Waals surface area (Å²) in [6.45, 7) is 4.69. The van der Waals surface area contributed by atoms with Crippen LogP contribution in [0.3, 0.4) is 0 Å². The fourth-order valence-corrected chi connectivity index (χ4v) is 4.14. The maximum Gasteiger partial charge on any atom is 0.161 e. The largest absolute Gasteiger partial charge is 0.493 e. The van der Waals surface area contributed by atoms with Crippen molar-refractivity contribution in [3.8, 4) is 11.5 Å². The van der Waals surface area contributed by atoms with E-state index in [0.29, 0.717) is 0 Å². The van der Waals surface area contributed by atoms with Crippen molar-refractivity contribution in [1.82, 2.24) is 4.98 Å². The minimum absolute atomic E-state index is 0.228. The molecule has 2 aliphatic heterocycles. The fraction of sp³-hybridized carbons (Fsp3) is 0.476. The molecular weight excluding hydrogens is 328 g/mol. The summed E-state index contributed by atoms with van der Waals surface area (Å²) in [7, 11) is 3.37. The van der Waals surface area contributed by atoms with Gasteiger partial charge in [-0.2, -0.15) is 0 Å². The first-order valence-corrected chi connectivity index (χ1v) is 9.22. The topological polar surface area (TPSA) is 43.8 Å². The zero-order valence-electron chi connectivity index (χ0n) is 15.7. The van der Waals surface area contributed by atoms with Crippen LogP contribution in [0.5, 0.6) is 11.5 Å². The van der Waals surface area contributed by atoms with Crippen molar-refractivity contribution in [1.29, 1.82) is 0 Å². The molecule has 2 aliphatic rings. The van der Waals surface area contributed by atoms with Crippen LogP contribution < -0.4 is 14.4 Å². The summed E-state index contributed by atoms with van der Waals surface area (Å²) >= 11 is 0. The van der Waals surface area contributed by atoms with Gasteiger partial charge < -0.3 is 19.1 Å². The van der Waals surface area contributed by atoms with Crippen LogP contribution in [-0.4, -0.2) is 38.9 Å². The lowest BCUT2D eigenvalue weighted by Gasteiger charge is -2.45. The molecule has 1 spiro atoms. The first-order valence-electron chi connectivity index (χ1n) is 9.22. The molecule has 0 aliphatic carbocycles. The van der Waals surface area contributed by atoms with Gasteiger partial charge in [-0.25, -0.2) is 4.98 Å². The summed E-state index contributed by atoms with van der Waals surface area (Å²) in [5.74, 6) is 2.62. The van der Waals surface area contributed by atoms with Gasteiger partial charge in [0, 0.05) is 19.3 Å². The second-order valence-electron chi connectivity index (χ2n) is 7.14. The van der Waals surface area contributed by atoms with Crippen LogP contribution in [0.25, 0.3) is 0 Å². The van der Waals surface area contributed by atoms with Gasteiger partial charge in [0.25, 0.3) is 0 Å². The number of methoxy groups -OCH3 is 2. The van der Waals surface area contributed by atoms with Gasteiger partial charge in [-0.05, 0) is 61.1 Å². The number of pyridine rings is 1. The number of nitrogens with zero attached hydrogens (tertiary/aromatic N) is 2. The standard InChI is InChI=1S/C21H26N2O3/c1-15-4-5-20(22-14-15)23-9-7-21(8-10-23)17-13-19(25-3)18(24-2)12-16(17)6-11-26-21/h4-5,12-14H,6-11H2,1-3H3. The Hall–Kier alpha value is -2.27. The number of hydrogen-bond acceptors (Lipinski definition) is 5. The average Bonchev–Trinajstić information content (AvgIpc) is 2.69. The first kappa shape index (κ1) is 17.2. The lowest BCUT2D eigenvalue weighted by Crippen LogP contribution is -2.47. The highest BCUT2D eigenvalue weighted by atomic mass is 16.5. The van der Waals surface area contributed by atoms with E-state index in [4.69, 9.17) is 14.2 Å². The molecule has 0 saturated carbocycles. The average molecular weight is 354 g/mol. The number of anilines is 1. The molecule has 26 heavy (non-hydrogen) atoms. The lowest BCUT2D eigenvalue weighted by atomic mass is 9.79.